The number of allylic oxidation sites excluding steroid dienone is 2. The van der Waals surface area contributed by atoms with Crippen LogP contribution in [0.2, 0.25) is 0 Å². The summed E-state index contributed by atoms with van der Waals surface area (Å²) in [5.41, 5.74) is 5.23. The van der Waals surface area contributed by atoms with Crippen molar-refractivity contribution in [2.75, 3.05) is 0 Å². The molecule has 0 aromatic heterocycles. The second kappa shape index (κ2) is 13.6. The van der Waals surface area contributed by atoms with E-state index in [0.717, 1.165) is 67.1 Å². The topological polar surface area (TPSA) is 0 Å². The Morgan fingerprint density at radius 1 is 0.667 bits per heavy atom. The van der Waals surface area contributed by atoms with E-state index in [1.165, 1.54) is 75.3 Å². The monoisotopic (exact) mass is 532 g/mol. The largest absolute Gasteiger partial charge is 0.207 e. The van der Waals surface area contributed by atoms with Crippen LogP contribution in [0.15, 0.2) is 42.5 Å². The first kappa shape index (κ1) is 28.6. The van der Waals surface area contributed by atoms with Gasteiger partial charge in [0.15, 0.2) is 0 Å². The van der Waals surface area contributed by atoms with Gasteiger partial charge in [0.1, 0.15) is 11.6 Å². The second-order valence-electron chi connectivity index (χ2n) is 13.1. The van der Waals surface area contributed by atoms with E-state index in [4.69, 9.17) is 0 Å². The molecule has 212 valence electrons. The molecule has 5 rings (SSSR count). The van der Waals surface area contributed by atoms with Crippen LogP contribution in [0.3, 0.4) is 0 Å². The molecule has 2 aromatic carbocycles. The average Bonchev–Trinajstić information content (AvgIpc) is 2.98. The molecule has 3 aliphatic carbocycles. The molecule has 0 aliphatic heterocycles. The molecule has 0 spiro atoms. The smallest absolute Gasteiger partial charge is 0.130 e. The van der Waals surface area contributed by atoms with Gasteiger partial charge < -0.3 is 0 Å². The molecule has 2 heteroatoms. The first-order valence-corrected chi connectivity index (χ1v) is 16.3. The van der Waals surface area contributed by atoms with E-state index in [9.17, 15) is 0 Å². The van der Waals surface area contributed by atoms with Gasteiger partial charge in [-0.1, -0.05) is 76.3 Å². The van der Waals surface area contributed by atoms with Crippen LogP contribution < -0.4 is 0 Å². The average molecular weight is 533 g/mol. The summed E-state index contributed by atoms with van der Waals surface area (Å²) in [6.45, 7) is 4.52. The molecular formula is C37H50F2. The Morgan fingerprint density at radius 2 is 1.31 bits per heavy atom. The summed E-state index contributed by atoms with van der Waals surface area (Å²) in [4.78, 5) is 0. The predicted molar refractivity (Wildman–Crippen MR) is 161 cm³/mol. The highest BCUT2D eigenvalue weighted by Gasteiger charge is 2.28. The van der Waals surface area contributed by atoms with Gasteiger partial charge in [-0.25, -0.2) is 8.78 Å². The summed E-state index contributed by atoms with van der Waals surface area (Å²) in [7, 11) is 0. The lowest BCUT2D eigenvalue weighted by Crippen LogP contribution is -2.15. The van der Waals surface area contributed by atoms with E-state index in [-0.39, 0.29) is 17.6 Å². The first-order valence-electron chi connectivity index (χ1n) is 16.3. The summed E-state index contributed by atoms with van der Waals surface area (Å²) in [6, 6.07) is 12.2. The molecule has 39 heavy (non-hydrogen) atoms. The highest BCUT2D eigenvalue weighted by molar-refractivity contribution is 5.67. The van der Waals surface area contributed by atoms with E-state index in [0.29, 0.717) is 11.8 Å². The molecule has 2 saturated carbocycles. The van der Waals surface area contributed by atoms with Gasteiger partial charge in [0, 0.05) is 5.56 Å². The SMILES string of the molecule is CCCCCC1CCC(c2ccc(C3CCC(c4ccc(C5=CCC(CC)CC5)c(F)c4)CC3)c(F)c2)CC1. The van der Waals surface area contributed by atoms with Gasteiger partial charge in [0.25, 0.3) is 0 Å². The maximum Gasteiger partial charge on any atom is 0.130 e. The van der Waals surface area contributed by atoms with E-state index in [1.54, 1.807) is 6.07 Å². The molecule has 1 unspecified atom stereocenters. The third-order valence-electron chi connectivity index (χ3n) is 10.6. The number of rotatable bonds is 9. The lowest BCUT2D eigenvalue weighted by Gasteiger charge is -2.31. The van der Waals surface area contributed by atoms with Crippen LogP contribution in [0, 0.1) is 23.5 Å². The third-order valence-corrected chi connectivity index (χ3v) is 10.6. The molecule has 2 fully saturated rings. The summed E-state index contributed by atoms with van der Waals surface area (Å²) in [6.07, 6.45) is 21.1. The Labute approximate surface area is 236 Å². The van der Waals surface area contributed by atoms with Crippen molar-refractivity contribution in [1.82, 2.24) is 0 Å². The fourth-order valence-electron chi connectivity index (χ4n) is 7.88. The maximum atomic E-state index is 15.4. The number of hydrogen-bond donors (Lipinski definition) is 0. The van der Waals surface area contributed by atoms with Crippen molar-refractivity contribution in [2.45, 2.75) is 134 Å². The molecule has 0 nitrogen and oxygen atoms in total. The Balaban J connectivity index is 1.14. The predicted octanol–water partition coefficient (Wildman–Crippen LogP) is 11.9. The Kier molecular flexibility index (Phi) is 9.96. The van der Waals surface area contributed by atoms with Crippen molar-refractivity contribution >= 4 is 5.57 Å². The van der Waals surface area contributed by atoms with Gasteiger partial charge in [-0.2, -0.15) is 0 Å². The van der Waals surface area contributed by atoms with Gasteiger partial charge in [0.05, 0.1) is 0 Å². The van der Waals surface area contributed by atoms with Gasteiger partial charge in [0.2, 0.25) is 0 Å². The van der Waals surface area contributed by atoms with Gasteiger partial charge in [-0.3, -0.25) is 0 Å². The lowest BCUT2D eigenvalue weighted by molar-refractivity contribution is 0.302. The third kappa shape index (κ3) is 7.04. The normalized spacial score (nSPS) is 27.8. The zero-order valence-electron chi connectivity index (χ0n) is 24.5. The van der Waals surface area contributed by atoms with Crippen LogP contribution in [0.4, 0.5) is 8.78 Å². The highest BCUT2D eigenvalue weighted by atomic mass is 19.1. The van der Waals surface area contributed by atoms with Crippen LogP contribution in [-0.2, 0) is 0 Å². The number of hydrogen-bond acceptors (Lipinski definition) is 0. The molecule has 0 radical (unpaired) electrons. The molecule has 1 atom stereocenters. The van der Waals surface area contributed by atoms with Crippen molar-refractivity contribution in [3.63, 3.8) is 0 Å². The summed E-state index contributed by atoms with van der Waals surface area (Å²) >= 11 is 0. The summed E-state index contributed by atoms with van der Waals surface area (Å²) < 4.78 is 30.5. The number of benzene rings is 2. The zero-order chi connectivity index (χ0) is 27.2. The van der Waals surface area contributed by atoms with Crippen LogP contribution in [0.5, 0.6) is 0 Å². The van der Waals surface area contributed by atoms with Gasteiger partial charge in [-0.05, 0) is 135 Å². The van der Waals surface area contributed by atoms with Crippen molar-refractivity contribution < 1.29 is 8.78 Å². The Morgan fingerprint density at radius 3 is 1.90 bits per heavy atom. The second-order valence-corrected chi connectivity index (χ2v) is 13.1. The molecule has 0 heterocycles. The zero-order valence-corrected chi connectivity index (χ0v) is 24.5. The van der Waals surface area contributed by atoms with Gasteiger partial charge in [-0.15, -0.1) is 0 Å². The summed E-state index contributed by atoms with van der Waals surface area (Å²) in [5.74, 6) is 2.77. The van der Waals surface area contributed by atoms with Crippen LogP contribution in [-0.4, -0.2) is 0 Å². The van der Waals surface area contributed by atoms with E-state index in [2.05, 4.69) is 38.1 Å². The first-order chi connectivity index (χ1) is 19.1. The highest BCUT2D eigenvalue weighted by Crippen LogP contribution is 2.44. The lowest BCUT2D eigenvalue weighted by atomic mass is 9.74. The summed E-state index contributed by atoms with van der Waals surface area (Å²) in [5, 5.41) is 0. The van der Waals surface area contributed by atoms with Crippen molar-refractivity contribution in [3.05, 3.63) is 76.4 Å². The van der Waals surface area contributed by atoms with Gasteiger partial charge >= 0.3 is 0 Å². The number of halogens is 2. The fraction of sp³-hybridized carbons (Fsp3) is 0.622. The molecule has 0 bridgehead atoms. The molecular weight excluding hydrogens is 482 g/mol. The Hall–Kier alpha value is -1.96. The maximum absolute atomic E-state index is 15.4. The minimum atomic E-state index is -0.0625. The van der Waals surface area contributed by atoms with Crippen molar-refractivity contribution in [1.29, 1.82) is 0 Å². The van der Waals surface area contributed by atoms with E-state index >= 15 is 8.78 Å². The molecule has 0 amide bonds. The molecule has 3 aliphatic rings. The molecule has 2 aromatic rings. The number of unbranched alkanes of at least 4 members (excludes halogenated alkanes) is 2. The van der Waals surface area contributed by atoms with Crippen LogP contribution in [0.25, 0.3) is 5.57 Å². The minimum absolute atomic E-state index is 0.00230. The molecule has 0 saturated heterocycles. The quantitative estimate of drug-likeness (QED) is 0.282. The van der Waals surface area contributed by atoms with Crippen LogP contribution >= 0.6 is 0 Å². The fourth-order valence-corrected chi connectivity index (χ4v) is 7.88. The van der Waals surface area contributed by atoms with Crippen LogP contribution in [0.1, 0.15) is 157 Å². The molecule has 0 N–H and O–H groups in total. The minimum Gasteiger partial charge on any atom is -0.207 e. The van der Waals surface area contributed by atoms with E-state index < -0.39 is 0 Å². The Bertz CT molecular complexity index is 1100. The standard InChI is InChI=1S/C37H50F2/c1-3-5-6-7-27-10-12-28(13-11-27)32-20-23-35(37(39)24-32)31-18-16-29(17-19-31)33-21-22-34(36(38)25-33)30-14-8-26(4-2)9-15-30/h14,20-29,31H,3-13,15-19H2,1-2H3. The van der Waals surface area contributed by atoms with Crippen molar-refractivity contribution in [3.8, 4) is 0 Å². The van der Waals surface area contributed by atoms with E-state index in [1.807, 2.05) is 12.1 Å². The van der Waals surface area contributed by atoms with Crippen molar-refractivity contribution in [2.24, 2.45) is 11.8 Å².